The molecule has 0 fully saturated rings. The summed E-state index contributed by atoms with van der Waals surface area (Å²) in [5, 5.41) is 85.9. The molecule has 0 atom stereocenters. The van der Waals surface area contributed by atoms with Crippen molar-refractivity contribution in [3.8, 4) is 93.2 Å². The van der Waals surface area contributed by atoms with Crippen LogP contribution in [0.2, 0.25) is 5.28 Å². The fourth-order valence-corrected chi connectivity index (χ4v) is 9.24. The maximum absolute atomic E-state index is 12.9. The number of aliphatic hydroxyl groups is 1. The van der Waals surface area contributed by atoms with E-state index in [4.69, 9.17) is 92.2 Å². The first-order valence-corrected chi connectivity index (χ1v) is 34.6. The maximum atomic E-state index is 12.9. The van der Waals surface area contributed by atoms with Gasteiger partial charge in [-0.3, -0.25) is 25.0 Å². The van der Waals surface area contributed by atoms with Gasteiger partial charge in [-0.25, -0.2) is 4.79 Å². The molecule has 6 heterocycles. The first kappa shape index (κ1) is 94.2. The number of carboxylic acids is 1. The van der Waals surface area contributed by atoms with Crippen molar-refractivity contribution >= 4 is 86.7 Å². The highest BCUT2D eigenvalue weighted by molar-refractivity contribution is 7.12. The van der Waals surface area contributed by atoms with Gasteiger partial charge in [0.15, 0.2) is 17.1 Å². The van der Waals surface area contributed by atoms with Crippen molar-refractivity contribution in [3.63, 3.8) is 0 Å². The van der Waals surface area contributed by atoms with E-state index in [1.165, 1.54) is 84.9 Å². The first-order chi connectivity index (χ1) is 52.7. The Morgan fingerprint density at radius 2 is 0.856 bits per heavy atom. The number of aromatic nitrogens is 10. The number of methoxy groups -OCH3 is 8. The van der Waals surface area contributed by atoms with Crippen LogP contribution in [0.15, 0.2) is 47.2 Å². The molecule has 0 spiro atoms. The van der Waals surface area contributed by atoms with Crippen LogP contribution >= 0.6 is 34.3 Å². The lowest BCUT2D eigenvalue weighted by Gasteiger charge is -2.20. The molecule has 8 rings (SSSR count). The number of nitrogen functional groups attached to an aromatic ring is 1. The quantitative estimate of drug-likeness (QED) is 0.0103. The number of aromatic carboxylic acids is 1. The highest BCUT2D eigenvalue weighted by Crippen LogP contribution is 2.39. The summed E-state index contributed by atoms with van der Waals surface area (Å²) in [6.45, 7) is 20.2. The summed E-state index contributed by atoms with van der Waals surface area (Å²) in [7, 11) is 10.7. The number of anilines is 5. The molecule has 8 aromatic rings. The number of amides is 1. The number of nitrogens with two attached hydrogens (primary N) is 2. The van der Waals surface area contributed by atoms with E-state index >= 15 is 0 Å². The fourth-order valence-electron chi connectivity index (χ4n) is 7.77. The van der Waals surface area contributed by atoms with Gasteiger partial charge in [-0.05, 0) is 77.6 Å². The molecule has 0 aliphatic rings. The lowest BCUT2D eigenvalue weighted by molar-refractivity contribution is -0.387. The molecule has 1 amide bonds. The van der Waals surface area contributed by atoms with Crippen LogP contribution in [-0.2, 0) is 10.8 Å². The van der Waals surface area contributed by atoms with Crippen LogP contribution in [0, 0.1) is 79.4 Å². The lowest BCUT2D eigenvalue weighted by atomic mass is 9.86. The van der Waals surface area contributed by atoms with Gasteiger partial charge in [0.25, 0.3) is 16.3 Å². The molecule has 43 heteroatoms. The maximum Gasteiger partial charge on any atom is 0.392 e. The number of hydrogen-bond donors (Lipinski definition) is 8. The number of halogens is 1. The number of carbonyl (C=O) groups is 2. The predicted molar refractivity (Wildman–Crippen MR) is 411 cm³/mol. The Balaban J connectivity index is 0.000000478. The summed E-state index contributed by atoms with van der Waals surface area (Å²) in [5.74, 6) is 0.314. The molecule has 0 saturated carbocycles. The first-order valence-electron chi connectivity index (χ1n) is 32.5. The highest BCUT2D eigenvalue weighted by atomic mass is 35.5. The molecule has 0 saturated heterocycles. The molecule has 10 N–H and O–H groups in total. The second-order valence-electron chi connectivity index (χ2n) is 23.1. The van der Waals surface area contributed by atoms with Gasteiger partial charge in [0.05, 0.1) is 110 Å². The second kappa shape index (κ2) is 48.4. The van der Waals surface area contributed by atoms with Gasteiger partial charge >= 0.3 is 40.9 Å². The van der Waals surface area contributed by atoms with Gasteiger partial charge in [0.2, 0.25) is 46.6 Å². The van der Waals surface area contributed by atoms with Gasteiger partial charge in [0, 0.05) is 50.0 Å². The van der Waals surface area contributed by atoms with Crippen molar-refractivity contribution in [2.75, 3.05) is 117 Å². The summed E-state index contributed by atoms with van der Waals surface area (Å²) < 4.78 is 51.3. The Labute approximate surface area is 652 Å². The Morgan fingerprint density at radius 1 is 0.541 bits per heavy atom. The minimum absolute atomic E-state index is 0.00892. The summed E-state index contributed by atoms with van der Waals surface area (Å²) in [5.41, 5.74) is 14.5. The number of hydrogen-bond acceptors (Lipinski definition) is 38. The number of nitriles is 4. The van der Waals surface area contributed by atoms with E-state index in [0.717, 1.165) is 22.3 Å². The van der Waals surface area contributed by atoms with Crippen LogP contribution in [0.5, 0.6) is 68.9 Å². The zero-order valence-corrected chi connectivity index (χ0v) is 66.3. The summed E-state index contributed by atoms with van der Waals surface area (Å²) in [6, 6.07) is 20.0. The molecule has 40 nitrogen and oxygen atoms in total. The van der Waals surface area contributed by atoms with Gasteiger partial charge in [-0.2, -0.15) is 70.9 Å². The molecule has 0 unspecified atom stereocenters. The monoisotopic (exact) mass is 1600 g/mol. The number of aryl methyl sites for hydroxylation is 2. The minimum Gasteiger partial charge on any atom is -0.479 e. The molecule has 0 aliphatic carbocycles. The third-order valence-corrected chi connectivity index (χ3v) is 14.8. The number of nitrogens with one attached hydrogen (secondary N) is 4. The topological polar surface area (TPSA) is 577 Å². The Kier molecular flexibility index (Phi) is 41.1. The van der Waals surface area contributed by atoms with Crippen LogP contribution in [0.1, 0.15) is 117 Å². The van der Waals surface area contributed by atoms with Crippen LogP contribution in [0.3, 0.4) is 0 Å². The largest absolute Gasteiger partial charge is 0.479 e. The van der Waals surface area contributed by atoms with Crippen LogP contribution in [0.25, 0.3) is 0 Å². The predicted octanol–water partition coefficient (Wildman–Crippen LogP) is 11.2. The number of aliphatic hydroxyl groups excluding tert-OH is 1. The van der Waals surface area contributed by atoms with Crippen LogP contribution in [-0.4, -0.2) is 171 Å². The molecule has 596 valence electrons. The third kappa shape index (κ3) is 31.1. The van der Waals surface area contributed by atoms with Crippen LogP contribution in [0.4, 0.5) is 40.6 Å². The molecular weight excluding hydrogens is 1510 g/mol. The average molecular weight is 1600 g/mol. The molecular formula is C68H87ClN22O18S2. The highest BCUT2D eigenvalue weighted by Gasteiger charge is 2.29. The number of carboxylic acid groups (broad SMARTS) is 1. The smallest absolute Gasteiger partial charge is 0.392 e. The van der Waals surface area contributed by atoms with Crippen LogP contribution < -0.4 is 80.1 Å². The molecule has 0 radical (unpaired) electrons. The van der Waals surface area contributed by atoms with Crippen molar-refractivity contribution < 1.29 is 77.0 Å². The molecule has 2 aromatic carbocycles. The zero-order valence-electron chi connectivity index (χ0n) is 63.9. The summed E-state index contributed by atoms with van der Waals surface area (Å²) in [6.07, 6.45) is 1.37. The van der Waals surface area contributed by atoms with Gasteiger partial charge in [-0.1, -0.05) is 88.5 Å². The number of thiazole rings is 2. The molecule has 111 heavy (non-hydrogen) atoms. The van der Waals surface area contributed by atoms with Crippen molar-refractivity contribution in [1.29, 1.82) is 21.0 Å². The van der Waals surface area contributed by atoms with E-state index in [0.29, 0.717) is 66.9 Å². The van der Waals surface area contributed by atoms with Crippen molar-refractivity contribution in [1.82, 2.24) is 49.8 Å². The van der Waals surface area contributed by atoms with E-state index < -0.39 is 33.1 Å². The van der Waals surface area contributed by atoms with E-state index in [9.17, 15) is 29.8 Å². The normalized spacial score (nSPS) is 10.0. The van der Waals surface area contributed by atoms with Gasteiger partial charge in [-0.15, -0.1) is 0 Å². The van der Waals surface area contributed by atoms with E-state index in [2.05, 4.69) is 134 Å². The molecule has 6 aromatic heterocycles. The summed E-state index contributed by atoms with van der Waals surface area (Å²) >= 11 is 7.87. The van der Waals surface area contributed by atoms with Crippen molar-refractivity contribution in [3.05, 3.63) is 106 Å². The van der Waals surface area contributed by atoms with Crippen molar-refractivity contribution in [2.45, 2.75) is 98.8 Å². The molecule has 0 bridgehead atoms. The second-order valence-corrected chi connectivity index (χ2v) is 25.1. The average Bonchev–Trinajstić information content (AvgIpc) is 1.63. The Morgan fingerprint density at radius 3 is 1.14 bits per heavy atom. The number of ether oxygens (including phenoxy) is 10. The lowest BCUT2D eigenvalue weighted by Crippen LogP contribution is -2.16. The van der Waals surface area contributed by atoms with E-state index in [1.54, 1.807) is 12.3 Å². The fraction of sp³-hybridized carbons (Fsp3) is 0.412. The van der Waals surface area contributed by atoms with E-state index in [-0.39, 0.29) is 117 Å². The van der Waals surface area contributed by atoms with Gasteiger partial charge in [0.1, 0.15) is 17.2 Å². The third-order valence-electron chi connectivity index (χ3n) is 13.2. The van der Waals surface area contributed by atoms with Crippen molar-refractivity contribution in [2.24, 2.45) is 5.73 Å². The Hall–Kier alpha value is -12.9. The number of nitro groups is 2. The number of rotatable bonds is 27. The SMILES string of the molecule is CCO.COc1nc(Cl)nc(OC)c1[N+](=O)[O-].COc1nc(NCCC#N)nc(OC)c1N.COc1nc(NCCC#N)nc(OC)c1NC(=O)c1csc(Oc2cc(C(C)(C)C)ccc2C)n1.COc1nc(NCCC#N)nc(OC)c1[N+](=O)[O-].Cc1ccc(C(C)(C)C)cc1Oc1nc(C(=O)O)cs1.N#CCCN. The zero-order chi connectivity index (χ0) is 83.6. The standard InChI is InChI=1S/C24H28N6O4S.C15H17NO3S.C9H11N5O4.C9H13N5O2.C6H6ClN3O4.C3H6N2.C2H6O/c1-14-8-9-15(24(2,3)4)12-17(14)34-23-27-16(13-35-23)19(31)28-18-20(32-5)29-22(26-11-7-10-25)30-21(18)33-6;1-9-5-6-10(15(2,3)4)7-12(9)19-14-16-11(8-20-14)13(17)18;1-17-7-6(14(15)16)8(18-2)13-9(12-7)11-5-3-4-10;1-15-7-6(11)8(16-2)14-9(13-7)12-5-3-4-10;1-13-4-3(10(11)12)5(14-2)9-6(7)8-4;4-2-1-3-5;1-2-3/h8-9,12-13H,7,11H2,1-6H3,(H,28,31)(H,26,29,30);5-8H,1-4H3,(H,17,18);3,5H2,1-2H3,(H,11,12,13);3,5,11H2,1-2H3,(H,12,13,14);1-2H3;1-2,4H2;3H,2H2,1H3. The number of benzene rings is 2. The minimum atomic E-state index is -1.05. The summed E-state index contributed by atoms with van der Waals surface area (Å²) in [4.78, 5) is 83.2. The number of carbonyl (C=O) groups excluding carboxylic acids is 1. The van der Waals surface area contributed by atoms with E-state index in [1.807, 2.05) is 62.4 Å². The number of nitrogens with zero attached hydrogens (tertiary/aromatic N) is 16. The molecule has 0 aliphatic heterocycles. The Bertz CT molecular complexity index is 4430. The van der Waals surface area contributed by atoms with Gasteiger partial charge < -0.3 is 90.3 Å².